The lowest BCUT2D eigenvalue weighted by atomic mass is 9.92. The highest BCUT2D eigenvalue weighted by Gasteiger charge is 2.38. The molecule has 4 rings (SSSR count). The zero-order chi connectivity index (χ0) is 33.8. The van der Waals surface area contributed by atoms with Crippen LogP contribution in [0, 0.1) is 13.8 Å². The van der Waals surface area contributed by atoms with Crippen LogP contribution in [-0.4, -0.2) is 36.8 Å². The van der Waals surface area contributed by atoms with E-state index in [9.17, 15) is 35.9 Å². The third-order valence-electron chi connectivity index (χ3n) is 7.12. The molecule has 0 aliphatic carbocycles. The first-order chi connectivity index (χ1) is 21.7. The quantitative estimate of drug-likeness (QED) is 0.121. The first kappa shape index (κ1) is 33.7. The van der Waals surface area contributed by atoms with Gasteiger partial charge in [-0.3, -0.25) is 9.59 Å². The van der Waals surface area contributed by atoms with Crippen molar-refractivity contribution in [1.29, 1.82) is 0 Å². The minimum absolute atomic E-state index is 0.200. The molecule has 0 N–H and O–H groups in total. The molecule has 0 aliphatic heterocycles. The van der Waals surface area contributed by atoms with Gasteiger partial charge >= 0.3 is 12.4 Å². The van der Waals surface area contributed by atoms with Crippen molar-refractivity contribution in [2.45, 2.75) is 39.4 Å². The summed E-state index contributed by atoms with van der Waals surface area (Å²) < 4.78 is 103. The molecule has 0 amide bonds. The van der Waals surface area contributed by atoms with E-state index < -0.39 is 35.2 Å². The second-order valence-corrected chi connectivity index (χ2v) is 9.87. The van der Waals surface area contributed by atoms with Gasteiger partial charge in [0.05, 0.1) is 25.3 Å². The number of carbonyl (C=O) groups excluding carboxylic acids is 2. The molecule has 4 aromatic rings. The SMILES string of the molecule is COc1nc(OCc2cccc(-c3cccc(COc4nc(OC)c(C=O)cc4C(F)(F)F)c3C)c2C)c(C(F)(F)F)cc1C=O. The van der Waals surface area contributed by atoms with E-state index in [-0.39, 0.29) is 48.7 Å². The van der Waals surface area contributed by atoms with Crippen molar-refractivity contribution in [2.24, 2.45) is 0 Å². The van der Waals surface area contributed by atoms with Crippen molar-refractivity contribution in [3.05, 3.63) is 93.0 Å². The fourth-order valence-corrected chi connectivity index (χ4v) is 4.67. The number of alkyl halides is 6. The number of nitrogens with zero attached hydrogens (tertiary/aromatic N) is 2. The summed E-state index contributed by atoms with van der Waals surface area (Å²) in [6.07, 6.45) is -9.32. The number of benzene rings is 2. The maximum absolute atomic E-state index is 13.7. The van der Waals surface area contributed by atoms with Crippen molar-refractivity contribution >= 4 is 12.6 Å². The Morgan fingerprint density at radius 3 is 1.30 bits per heavy atom. The van der Waals surface area contributed by atoms with E-state index >= 15 is 0 Å². The molecule has 0 unspecified atom stereocenters. The number of ether oxygens (including phenoxy) is 4. The van der Waals surface area contributed by atoms with E-state index in [0.29, 0.717) is 45.5 Å². The van der Waals surface area contributed by atoms with Crippen molar-refractivity contribution < 1.29 is 54.9 Å². The van der Waals surface area contributed by atoms with Gasteiger partial charge in [-0.05, 0) is 59.4 Å². The van der Waals surface area contributed by atoms with Gasteiger partial charge in [-0.15, -0.1) is 0 Å². The van der Waals surface area contributed by atoms with Crippen molar-refractivity contribution in [2.75, 3.05) is 14.2 Å². The molecule has 8 nitrogen and oxygen atoms in total. The summed E-state index contributed by atoms with van der Waals surface area (Å²) in [4.78, 5) is 30.0. The summed E-state index contributed by atoms with van der Waals surface area (Å²) in [7, 11) is 2.32. The van der Waals surface area contributed by atoms with Gasteiger partial charge in [-0.2, -0.15) is 36.3 Å². The van der Waals surface area contributed by atoms with Crippen LogP contribution in [0.1, 0.15) is 54.1 Å². The summed E-state index contributed by atoms with van der Waals surface area (Å²) in [6.45, 7) is 2.85. The van der Waals surface area contributed by atoms with E-state index in [1.54, 1.807) is 50.2 Å². The van der Waals surface area contributed by atoms with Crippen LogP contribution < -0.4 is 18.9 Å². The molecule has 2 aromatic carbocycles. The van der Waals surface area contributed by atoms with E-state index in [0.717, 1.165) is 14.2 Å². The van der Waals surface area contributed by atoms with Gasteiger partial charge in [0.2, 0.25) is 23.5 Å². The first-order valence-corrected chi connectivity index (χ1v) is 13.4. The van der Waals surface area contributed by atoms with E-state index in [4.69, 9.17) is 18.9 Å². The Morgan fingerprint density at radius 1 is 0.630 bits per heavy atom. The summed E-state index contributed by atoms with van der Waals surface area (Å²) in [5.74, 6) is -2.18. The van der Waals surface area contributed by atoms with Crippen LogP contribution in [0.3, 0.4) is 0 Å². The third-order valence-corrected chi connectivity index (χ3v) is 7.12. The van der Waals surface area contributed by atoms with Crippen LogP contribution in [0.4, 0.5) is 26.3 Å². The predicted molar refractivity (Wildman–Crippen MR) is 152 cm³/mol. The zero-order valence-electron chi connectivity index (χ0n) is 24.8. The number of hydrogen-bond acceptors (Lipinski definition) is 8. The Bertz CT molecular complexity index is 1640. The fourth-order valence-electron chi connectivity index (χ4n) is 4.67. The van der Waals surface area contributed by atoms with Crippen LogP contribution in [0.5, 0.6) is 23.5 Å². The molecule has 2 aromatic heterocycles. The summed E-state index contributed by atoms with van der Waals surface area (Å²) in [6, 6.07) is 11.4. The number of methoxy groups -OCH3 is 2. The van der Waals surface area contributed by atoms with Crippen LogP contribution in [-0.2, 0) is 25.6 Å². The maximum Gasteiger partial charge on any atom is 0.421 e. The molecule has 0 saturated heterocycles. The van der Waals surface area contributed by atoms with Crippen molar-refractivity contribution in [3.8, 4) is 34.6 Å². The number of aldehydes is 2. The summed E-state index contributed by atoms with van der Waals surface area (Å²) >= 11 is 0. The minimum Gasteiger partial charge on any atom is -0.480 e. The lowest BCUT2D eigenvalue weighted by molar-refractivity contribution is -0.140. The predicted octanol–water partition coefficient (Wildman–Crippen LogP) is 7.60. The van der Waals surface area contributed by atoms with Crippen molar-refractivity contribution in [3.63, 3.8) is 0 Å². The molecule has 0 saturated carbocycles. The van der Waals surface area contributed by atoms with Gasteiger partial charge in [0.25, 0.3) is 0 Å². The van der Waals surface area contributed by atoms with Crippen LogP contribution in [0.2, 0.25) is 0 Å². The largest absolute Gasteiger partial charge is 0.480 e. The lowest BCUT2D eigenvalue weighted by Crippen LogP contribution is -2.13. The molecule has 0 aliphatic rings. The Kier molecular flexibility index (Phi) is 9.88. The Labute approximate surface area is 258 Å². The highest BCUT2D eigenvalue weighted by atomic mass is 19.4. The molecular formula is C32H26F6N2O6. The molecule has 0 spiro atoms. The number of rotatable bonds is 11. The summed E-state index contributed by atoms with van der Waals surface area (Å²) in [5, 5.41) is 0. The highest BCUT2D eigenvalue weighted by molar-refractivity contribution is 5.79. The molecule has 2 heterocycles. The van der Waals surface area contributed by atoms with E-state index in [1.165, 1.54) is 0 Å². The van der Waals surface area contributed by atoms with E-state index in [2.05, 4.69) is 9.97 Å². The van der Waals surface area contributed by atoms with Crippen LogP contribution >= 0.6 is 0 Å². The minimum atomic E-state index is -4.86. The molecule has 0 bridgehead atoms. The van der Waals surface area contributed by atoms with Gasteiger partial charge in [-0.1, -0.05) is 36.4 Å². The van der Waals surface area contributed by atoms with E-state index in [1.807, 2.05) is 0 Å². The van der Waals surface area contributed by atoms with Crippen LogP contribution in [0.25, 0.3) is 11.1 Å². The Balaban J connectivity index is 1.64. The number of halogens is 6. The number of hydrogen-bond donors (Lipinski definition) is 0. The number of aromatic nitrogens is 2. The smallest absolute Gasteiger partial charge is 0.421 e. The molecule has 0 radical (unpaired) electrons. The topological polar surface area (TPSA) is 96.8 Å². The first-order valence-electron chi connectivity index (χ1n) is 13.4. The molecule has 242 valence electrons. The lowest BCUT2D eigenvalue weighted by Gasteiger charge is -2.19. The molecule has 14 heteroatoms. The van der Waals surface area contributed by atoms with Gasteiger partial charge in [0.1, 0.15) is 24.3 Å². The zero-order valence-corrected chi connectivity index (χ0v) is 24.8. The third kappa shape index (κ3) is 7.05. The molecular weight excluding hydrogens is 622 g/mol. The average Bonchev–Trinajstić information content (AvgIpc) is 3.02. The monoisotopic (exact) mass is 648 g/mol. The average molecular weight is 649 g/mol. The van der Waals surface area contributed by atoms with Crippen LogP contribution in [0.15, 0.2) is 48.5 Å². The van der Waals surface area contributed by atoms with Crippen molar-refractivity contribution in [1.82, 2.24) is 9.97 Å². The molecule has 0 atom stereocenters. The second-order valence-electron chi connectivity index (χ2n) is 9.87. The fraction of sp³-hybridized carbons (Fsp3) is 0.250. The summed E-state index contributed by atoms with van der Waals surface area (Å²) in [5.41, 5.74) is 0.469. The number of carbonyl (C=O) groups is 2. The maximum atomic E-state index is 13.7. The second kappa shape index (κ2) is 13.5. The van der Waals surface area contributed by atoms with Gasteiger partial charge in [-0.25, -0.2) is 0 Å². The van der Waals surface area contributed by atoms with Gasteiger partial charge in [0.15, 0.2) is 12.6 Å². The standard InChI is InChI=1S/C32H26F6N2O6/c1-17-19(15-45-29-25(31(33,34)35)11-21(13-41)27(39-29)43-3)7-5-9-23(17)24-10-6-8-20(18(24)2)16-46-30-26(32(36,37)38)12-22(14-42)28(40-30)44-4/h5-14H,15-16H2,1-4H3. The van der Waals surface area contributed by atoms with Gasteiger partial charge in [0, 0.05) is 0 Å². The van der Waals surface area contributed by atoms with Gasteiger partial charge < -0.3 is 18.9 Å². The molecule has 0 fully saturated rings. The molecule has 46 heavy (non-hydrogen) atoms. The highest BCUT2D eigenvalue weighted by Crippen LogP contribution is 2.40. The normalized spacial score (nSPS) is 11.6. The Hall–Kier alpha value is -5.14. The number of pyridine rings is 2. The Morgan fingerprint density at radius 2 is 1.00 bits per heavy atom.